The Morgan fingerprint density at radius 1 is 0.897 bits per heavy atom. The first kappa shape index (κ1) is 27.6. The van der Waals surface area contributed by atoms with Gasteiger partial charge in [-0.05, 0) is 32.6 Å². The third-order valence-corrected chi connectivity index (χ3v) is 5.74. The van der Waals surface area contributed by atoms with Crippen LogP contribution in [0.4, 0.5) is 0 Å². The number of allylic oxidation sites excluding steroid dienone is 2. The van der Waals surface area contributed by atoms with E-state index in [0.29, 0.717) is 6.04 Å². The summed E-state index contributed by atoms with van der Waals surface area (Å²) >= 11 is 0. The molecule has 2 heteroatoms. The van der Waals surface area contributed by atoms with E-state index in [4.69, 9.17) is 0 Å². The molecule has 0 saturated heterocycles. The van der Waals surface area contributed by atoms with Crippen LogP contribution in [0, 0.1) is 0 Å². The van der Waals surface area contributed by atoms with Crippen molar-refractivity contribution in [1.29, 1.82) is 0 Å². The number of unbranched alkanes of at least 4 members (excludes halogenated alkanes) is 9. The summed E-state index contributed by atoms with van der Waals surface area (Å²) in [4.78, 5) is 2.29. The van der Waals surface area contributed by atoms with Crippen molar-refractivity contribution in [2.45, 2.75) is 110 Å². The van der Waals surface area contributed by atoms with Crippen molar-refractivity contribution in [1.82, 2.24) is 10.2 Å². The fourth-order valence-electron chi connectivity index (χ4n) is 3.51. The van der Waals surface area contributed by atoms with Crippen LogP contribution in [0.1, 0.15) is 104 Å². The molecule has 0 radical (unpaired) electrons. The molecule has 0 bridgehead atoms. The van der Waals surface area contributed by atoms with Crippen LogP contribution in [0.3, 0.4) is 0 Å². The fraction of sp³-hybridized carbons (Fsp3) is 0.704. The van der Waals surface area contributed by atoms with Gasteiger partial charge in [0.1, 0.15) is 0 Å². The smallest absolute Gasteiger partial charge is 0.0468 e. The zero-order valence-corrected chi connectivity index (χ0v) is 20.0. The highest BCUT2D eigenvalue weighted by Gasteiger charge is 2.10. The molecule has 168 valence electrons. The second-order valence-electron chi connectivity index (χ2n) is 8.68. The number of nitrogens with one attached hydrogen (secondary N) is 1. The third-order valence-electron chi connectivity index (χ3n) is 5.74. The van der Waals surface area contributed by atoms with E-state index in [1.54, 1.807) is 0 Å². The summed E-state index contributed by atoms with van der Waals surface area (Å²) in [5.74, 6) is 0. The Hall–Kier alpha value is -1.44. The van der Waals surface area contributed by atoms with E-state index in [-0.39, 0.29) is 0 Å². The molecular weight excluding hydrogens is 352 g/mol. The Bertz CT molecular complexity index is 463. The highest BCUT2D eigenvalue weighted by atomic mass is 15.1. The zero-order valence-electron chi connectivity index (χ0n) is 20.0. The quantitative estimate of drug-likeness (QED) is 0.154. The molecule has 1 N–H and O–H groups in total. The first-order chi connectivity index (χ1) is 13.9. The van der Waals surface area contributed by atoms with Gasteiger partial charge in [0.05, 0.1) is 0 Å². The minimum absolute atomic E-state index is 0.292. The van der Waals surface area contributed by atoms with Gasteiger partial charge in [0.25, 0.3) is 0 Å². The average Bonchev–Trinajstić information content (AvgIpc) is 2.70. The lowest BCUT2D eigenvalue weighted by Crippen LogP contribution is -2.30. The minimum Gasteiger partial charge on any atom is -0.382 e. The van der Waals surface area contributed by atoms with E-state index in [1.807, 2.05) is 6.08 Å². The van der Waals surface area contributed by atoms with Gasteiger partial charge in [-0.3, -0.25) is 0 Å². The summed E-state index contributed by atoms with van der Waals surface area (Å²) in [6.45, 7) is 21.7. The van der Waals surface area contributed by atoms with Gasteiger partial charge in [0.2, 0.25) is 0 Å². The van der Waals surface area contributed by atoms with E-state index in [2.05, 4.69) is 57.4 Å². The Morgan fingerprint density at radius 3 is 1.97 bits per heavy atom. The Kier molecular flexibility index (Phi) is 17.7. The molecule has 0 fully saturated rings. The van der Waals surface area contributed by atoms with Crippen LogP contribution in [0.2, 0.25) is 0 Å². The zero-order chi connectivity index (χ0) is 21.9. The van der Waals surface area contributed by atoms with E-state index in [9.17, 15) is 0 Å². The van der Waals surface area contributed by atoms with Crippen LogP contribution in [-0.2, 0) is 0 Å². The Balaban J connectivity index is 3.81. The molecule has 0 aliphatic heterocycles. The number of rotatable bonds is 21. The van der Waals surface area contributed by atoms with E-state index in [1.165, 1.54) is 69.9 Å². The summed E-state index contributed by atoms with van der Waals surface area (Å²) in [5.41, 5.74) is 3.49. The van der Waals surface area contributed by atoms with Crippen molar-refractivity contribution >= 4 is 0 Å². The van der Waals surface area contributed by atoms with Gasteiger partial charge < -0.3 is 10.2 Å². The number of nitrogens with zero attached hydrogens (tertiary/aromatic N) is 1. The molecule has 0 aromatic carbocycles. The Labute approximate surface area is 183 Å². The van der Waals surface area contributed by atoms with E-state index < -0.39 is 0 Å². The van der Waals surface area contributed by atoms with Crippen molar-refractivity contribution in [2.75, 3.05) is 13.6 Å². The molecule has 0 rings (SSSR count). The van der Waals surface area contributed by atoms with Gasteiger partial charge in [-0.1, -0.05) is 96.1 Å². The van der Waals surface area contributed by atoms with Crippen molar-refractivity contribution in [3.63, 3.8) is 0 Å². The van der Waals surface area contributed by atoms with Gasteiger partial charge in [0, 0.05) is 37.4 Å². The second kappa shape index (κ2) is 18.6. The molecular formula is C27H50N2. The normalized spacial score (nSPS) is 11.7. The van der Waals surface area contributed by atoms with Crippen LogP contribution < -0.4 is 5.32 Å². The van der Waals surface area contributed by atoms with Crippen LogP contribution in [0.15, 0.2) is 49.4 Å². The van der Waals surface area contributed by atoms with Gasteiger partial charge in [-0.2, -0.15) is 0 Å². The van der Waals surface area contributed by atoms with Crippen LogP contribution in [0.25, 0.3) is 0 Å². The SMILES string of the molecule is C=CCC[C@H](NC(=C)CCN(C)C(=C)CCCCCCCCCCCC)C(=C)C. The van der Waals surface area contributed by atoms with Gasteiger partial charge in [-0.25, -0.2) is 0 Å². The number of hydrogen-bond acceptors (Lipinski definition) is 2. The summed E-state index contributed by atoms with van der Waals surface area (Å²) < 4.78 is 0. The molecule has 0 aliphatic carbocycles. The lowest BCUT2D eigenvalue weighted by atomic mass is 10.0. The van der Waals surface area contributed by atoms with Crippen LogP contribution >= 0.6 is 0 Å². The molecule has 0 aromatic rings. The third kappa shape index (κ3) is 16.1. The second-order valence-corrected chi connectivity index (χ2v) is 8.68. The monoisotopic (exact) mass is 402 g/mol. The summed E-state index contributed by atoms with van der Waals surface area (Å²) in [5, 5.41) is 3.54. The average molecular weight is 403 g/mol. The van der Waals surface area contributed by atoms with Gasteiger partial charge in [-0.15, -0.1) is 6.58 Å². The first-order valence-electron chi connectivity index (χ1n) is 12.0. The first-order valence-corrected chi connectivity index (χ1v) is 12.0. The standard InChI is InChI=1S/C27H50N2/c1-8-10-12-13-14-15-16-17-18-19-20-26(6)29(7)23-22-25(5)28-27(24(3)4)21-11-9-2/h9,27-28H,2-3,5-6,8,10-23H2,1,4,7H3/t27-/m0/s1. The fourth-order valence-corrected chi connectivity index (χ4v) is 3.51. The maximum atomic E-state index is 4.29. The molecule has 0 spiro atoms. The van der Waals surface area contributed by atoms with Crippen LogP contribution in [0.5, 0.6) is 0 Å². The van der Waals surface area contributed by atoms with Crippen molar-refractivity contribution in [3.05, 3.63) is 49.4 Å². The highest BCUT2D eigenvalue weighted by molar-refractivity contribution is 5.08. The topological polar surface area (TPSA) is 15.3 Å². The predicted molar refractivity (Wildman–Crippen MR) is 133 cm³/mol. The molecule has 2 nitrogen and oxygen atoms in total. The molecule has 0 saturated carbocycles. The molecule has 1 atom stereocenters. The van der Waals surface area contributed by atoms with Gasteiger partial charge in [0.15, 0.2) is 0 Å². The van der Waals surface area contributed by atoms with E-state index in [0.717, 1.165) is 43.5 Å². The molecule has 29 heavy (non-hydrogen) atoms. The largest absolute Gasteiger partial charge is 0.382 e. The molecule has 0 aromatic heterocycles. The maximum absolute atomic E-state index is 4.29. The lowest BCUT2D eigenvalue weighted by molar-refractivity contribution is 0.394. The van der Waals surface area contributed by atoms with Gasteiger partial charge >= 0.3 is 0 Å². The molecule has 0 amide bonds. The summed E-state index contributed by atoms with van der Waals surface area (Å²) in [6.07, 6.45) is 19.8. The van der Waals surface area contributed by atoms with E-state index >= 15 is 0 Å². The van der Waals surface area contributed by atoms with Crippen molar-refractivity contribution in [3.8, 4) is 0 Å². The highest BCUT2D eigenvalue weighted by Crippen LogP contribution is 2.15. The maximum Gasteiger partial charge on any atom is 0.0468 e. The molecule has 0 unspecified atom stereocenters. The molecule has 0 heterocycles. The number of hydrogen-bond donors (Lipinski definition) is 1. The molecule has 0 aliphatic rings. The lowest BCUT2D eigenvalue weighted by Gasteiger charge is -2.25. The Morgan fingerprint density at radius 2 is 1.45 bits per heavy atom. The summed E-state index contributed by atoms with van der Waals surface area (Å²) in [7, 11) is 2.15. The minimum atomic E-state index is 0.292. The van der Waals surface area contributed by atoms with Crippen molar-refractivity contribution < 1.29 is 0 Å². The van der Waals surface area contributed by atoms with Crippen LogP contribution in [-0.4, -0.2) is 24.5 Å². The van der Waals surface area contributed by atoms with Crippen molar-refractivity contribution in [2.24, 2.45) is 0 Å². The summed E-state index contributed by atoms with van der Waals surface area (Å²) in [6, 6.07) is 0.292. The predicted octanol–water partition coefficient (Wildman–Crippen LogP) is 8.15.